The van der Waals surface area contributed by atoms with Gasteiger partial charge in [-0.05, 0) is 80.4 Å². The first-order valence-corrected chi connectivity index (χ1v) is 14.3. The number of amides is 3. The van der Waals surface area contributed by atoms with E-state index >= 15 is 0 Å². The number of nitrogens with one attached hydrogen (secondary N) is 1. The fourth-order valence-corrected chi connectivity index (χ4v) is 4.59. The monoisotopic (exact) mass is 588 g/mol. The highest BCUT2D eigenvalue weighted by Crippen LogP contribution is 2.35. The Morgan fingerprint density at radius 1 is 1.10 bits per heavy atom. The third-order valence-electron chi connectivity index (χ3n) is 5.84. The number of imide groups is 1. The summed E-state index contributed by atoms with van der Waals surface area (Å²) in [7, 11) is 0. The molecule has 2 aromatic carbocycles. The number of anilines is 1. The molecule has 2 aromatic rings. The normalized spacial score (nSPS) is 14.8. The predicted octanol–water partition coefficient (Wildman–Crippen LogP) is 6.55. The van der Waals surface area contributed by atoms with Gasteiger partial charge in [0.15, 0.2) is 11.5 Å². The lowest BCUT2D eigenvalue weighted by Crippen LogP contribution is -2.36. The number of hydrogen-bond acceptors (Lipinski definition) is 8. The van der Waals surface area contributed by atoms with Crippen LogP contribution in [-0.2, 0) is 14.3 Å². The van der Waals surface area contributed by atoms with E-state index < -0.39 is 29.6 Å². The first-order valence-electron chi connectivity index (χ1n) is 13.1. The lowest BCUT2D eigenvalue weighted by atomic mass is 10.1. The van der Waals surface area contributed by atoms with Crippen LogP contribution in [0.2, 0.25) is 5.02 Å². The Bertz CT molecular complexity index is 1300. The summed E-state index contributed by atoms with van der Waals surface area (Å²) in [4.78, 5) is 51.6. The standard InChI is InChI=1S/C29H33ClN2O7S/c1-5-8-13-38-28(35)21-16-20(10-11-22(21)30)31-26(33)17-32-27(34)25(40-29(32)36)15-19-9-12-23(39-18(4)6-2)24(14-19)37-7-3/h9-12,14-16,18H,5-8,13,17H2,1-4H3,(H,31,33)/b25-15+/t18-/m1/s1. The van der Waals surface area contributed by atoms with Gasteiger partial charge in [0.1, 0.15) is 6.54 Å². The smallest absolute Gasteiger partial charge is 0.339 e. The molecular weight excluding hydrogens is 556 g/mol. The van der Waals surface area contributed by atoms with Crippen LogP contribution in [0.4, 0.5) is 10.5 Å². The van der Waals surface area contributed by atoms with E-state index in [1.165, 1.54) is 18.2 Å². The summed E-state index contributed by atoms with van der Waals surface area (Å²) in [5.41, 5.74) is 1.04. The molecule has 214 valence electrons. The lowest BCUT2D eigenvalue weighted by Gasteiger charge is -2.16. The third-order valence-corrected chi connectivity index (χ3v) is 7.08. The second-order valence-corrected chi connectivity index (χ2v) is 10.4. The van der Waals surface area contributed by atoms with Gasteiger partial charge in [0.25, 0.3) is 11.1 Å². The van der Waals surface area contributed by atoms with Gasteiger partial charge in [-0.1, -0.05) is 37.9 Å². The average Bonchev–Trinajstić information content (AvgIpc) is 3.18. The van der Waals surface area contributed by atoms with Crippen molar-refractivity contribution in [1.82, 2.24) is 4.90 Å². The zero-order valence-electron chi connectivity index (χ0n) is 23.0. The van der Waals surface area contributed by atoms with Crippen molar-refractivity contribution in [2.24, 2.45) is 0 Å². The zero-order valence-corrected chi connectivity index (χ0v) is 24.5. The van der Waals surface area contributed by atoms with Gasteiger partial charge in [-0.15, -0.1) is 0 Å². The third kappa shape index (κ3) is 8.25. The molecule has 3 amide bonds. The predicted molar refractivity (Wildman–Crippen MR) is 156 cm³/mol. The highest BCUT2D eigenvalue weighted by atomic mass is 35.5. The van der Waals surface area contributed by atoms with Crippen LogP contribution in [-0.4, -0.2) is 53.8 Å². The minimum Gasteiger partial charge on any atom is -0.490 e. The van der Waals surface area contributed by atoms with E-state index in [0.717, 1.165) is 35.9 Å². The van der Waals surface area contributed by atoms with Gasteiger partial charge >= 0.3 is 5.97 Å². The number of hydrogen-bond donors (Lipinski definition) is 1. The van der Waals surface area contributed by atoms with E-state index in [0.29, 0.717) is 23.7 Å². The molecule has 0 bridgehead atoms. The van der Waals surface area contributed by atoms with Gasteiger partial charge in [-0.25, -0.2) is 4.79 Å². The van der Waals surface area contributed by atoms with E-state index in [2.05, 4.69) is 5.32 Å². The number of thioether (sulfide) groups is 1. The van der Waals surface area contributed by atoms with E-state index in [-0.39, 0.29) is 33.9 Å². The zero-order chi connectivity index (χ0) is 29.2. The topological polar surface area (TPSA) is 111 Å². The molecule has 40 heavy (non-hydrogen) atoms. The molecule has 11 heteroatoms. The summed E-state index contributed by atoms with van der Waals surface area (Å²) in [5.74, 6) is -0.664. The van der Waals surface area contributed by atoms with Gasteiger partial charge < -0.3 is 19.5 Å². The van der Waals surface area contributed by atoms with Crippen molar-refractivity contribution in [2.45, 2.75) is 53.1 Å². The van der Waals surface area contributed by atoms with Crippen molar-refractivity contribution >= 4 is 58.1 Å². The van der Waals surface area contributed by atoms with E-state index in [1.807, 2.05) is 27.7 Å². The Hall–Kier alpha value is -3.50. The first-order chi connectivity index (χ1) is 19.2. The molecule has 1 atom stereocenters. The summed E-state index contributed by atoms with van der Waals surface area (Å²) < 4.78 is 16.8. The van der Waals surface area contributed by atoms with Gasteiger partial charge in [0.2, 0.25) is 5.91 Å². The fourth-order valence-electron chi connectivity index (χ4n) is 3.56. The van der Waals surface area contributed by atoms with Crippen molar-refractivity contribution in [3.05, 3.63) is 57.5 Å². The number of unbranched alkanes of at least 4 members (excludes halogenated alkanes) is 1. The summed E-state index contributed by atoms with van der Waals surface area (Å²) in [6.45, 7) is 8.02. The summed E-state index contributed by atoms with van der Waals surface area (Å²) in [6.07, 6.45) is 4.01. The van der Waals surface area contributed by atoms with Gasteiger partial charge in [-0.3, -0.25) is 19.3 Å². The van der Waals surface area contributed by atoms with Crippen LogP contribution >= 0.6 is 23.4 Å². The first kappa shape index (κ1) is 31.0. The summed E-state index contributed by atoms with van der Waals surface area (Å²) in [5, 5.41) is 2.22. The van der Waals surface area contributed by atoms with Gasteiger partial charge in [0.05, 0.1) is 34.8 Å². The molecule has 0 aromatic heterocycles. The molecule has 0 saturated carbocycles. The molecule has 1 fully saturated rings. The molecular formula is C29H33ClN2O7S. The number of halogens is 1. The number of ether oxygens (including phenoxy) is 3. The van der Waals surface area contributed by atoms with Crippen LogP contribution in [0.3, 0.4) is 0 Å². The molecule has 0 spiro atoms. The van der Waals surface area contributed by atoms with Crippen LogP contribution in [0.1, 0.15) is 62.9 Å². The maximum absolute atomic E-state index is 13.0. The summed E-state index contributed by atoms with van der Waals surface area (Å²) >= 11 is 6.88. The Labute approximate surface area is 243 Å². The number of nitrogens with zero attached hydrogens (tertiary/aromatic N) is 1. The van der Waals surface area contributed by atoms with Crippen molar-refractivity contribution in [1.29, 1.82) is 0 Å². The lowest BCUT2D eigenvalue weighted by molar-refractivity contribution is -0.127. The molecule has 0 radical (unpaired) electrons. The largest absolute Gasteiger partial charge is 0.490 e. The van der Waals surface area contributed by atoms with E-state index in [9.17, 15) is 19.2 Å². The van der Waals surface area contributed by atoms with Gasteiger partial charge in [0, 0.05) is 5.69 Å². The highest BCUT2D eigenvalue weighted by molar-refractivity contribution is 8.18. The Balaban J connectivity index is 1.69. The van der Waals surface area contributed by atoms with Gasteiger partial charge in [-0.2, -0.15) is 0 Å². The SMILES string of the molecule is CCCCOC(=O)c1cc(NC(=O)CN2C(=O)S/C(=C/c3ccc(O[C@H](C)CC)c(OCC)c3)C2=O)ccc1Cl. The van der Waals surface area contributed by atoms with Crippen LogP contribution in [0.5, 0.6) is 11.5 Å². The molecule has 3 rings (SSSR count). The number of carbonyl (C=O) groups excluding carboxylic acids is 4. The fraction of sp³-hybridized carbons (Fsp3) is 0.379. The molecule has 1 N–H and O–H groups in total. The second-order valence-electron chi connectivity index (χ2n) is 8.98. The van der Waals surface area contributed by atoms with Crippen molar-refractivity contribution in [3.8, 4) is 11.5 Å². The van der Waals surface area contributed by atoms with E-state index in [1.54, 1.807) is 24.3 Å². The van der Waals surface area contributed by atoms with Crippen LogP contribution in [0, 0.1) is 0 Å². The molecule has 1 aliphatic rings. The molecule has 9 nitrogen and oxygen atoms in total. The Morgan fingerprint density at radius 2 is 1.88 bits per heavy atom. The van der Waals surface area contributed by atoms with Crippen LogP contribution < -0.4 is 14.8 Å². The second kappa shape index (κ2) is 14.8. The maximum Gasteiger partial charge on any atom is 0.339 e. The average molecular weight is 589 g/mol. The Kier molecular flexibility index (Phi) is 11.5. The molecule has 0 unspecified atom stereocenters. The molecule has 0 aliphatic carbocycles. The highest BCUT2D eigenvalue weighted by Gasteiger charge is 2.36. The molecule has 1 aliphatic heterocycles. The number of rotatable bonds is 13. The molecule has 1 heterocycles. The van der Waals surface area contributed by atoms with Crippen molar-refractivity contribution in [2.75, 3.05) is 25.1 Å². The number of esters is 1. The summed E-state index contributed by atoms with van der Waals surface area (Å²) in [6, 6.07) is 9.65. The number of carbonyl (C=O) groups is 4. The minimum atomic E-state index is -0.610. The van der Waals surface area contributed by atoms with Crippen molar-refractivity contribution < 1.29 is 33.4 Å². The van der Waals surface area contributed by atoms with Crippen LogP contribution in [0.15, 0.2) is 41.3 Å². The number of benzene rings is 2. The maximum atomic E-state index is 13.0. The molecule has 1 saturated heterocycles. The van der Waals surface area contributed by atoms with E-state index in [4.69, 9.17) is 25.8 Å². The minimum absolute atomic E-state index is 0.00628. The Morgan fingerprint density at radius 3 is 2.58 bits per heavy atom. The quantitative estimate of drug-likeness (QED) is 0.159. The van der Waals surface area contributed by atoms with Crippen LogP contribution in [0.25, 0.3) is 6.08 Å². The van der Waals surface area contributed by atoms with Crippen molar-refractivity contribution in [3.63, 3.8) is 0 Å².